The van der Waals surface area contributed by atoms with Gasteiger partial charge in [0.2, 0.25) is 0 Å². The maximum Gasteiger partial charge on any atom is -0.147 e. The fraction of sp³-hybridized carbons (Fsp3) is 0.571. The first-order valence-electron chi connectivity index (χ1n) is 5.61. The number of rotatable bonds is 1. The summed E-state index contributed by atoms with van der Waals surface area (Å²) < 4.78 is 5.71. The van der Waals surface area contributed by atoms with Crippen molar-refractivity contribution in [1.29, 1.82) is 0 Å². The van der Waals surface area contributed by atoms with E-state index < -0.39 is 0 Å². The molecule has 121 valence electrons. The molecule has 6 heteroatoms. The van der Waals surface area contributed by atoms with Gasteiger partial charge in [0.25, 0.3) is 0 Å². The molecule has 1 rings (SSSR count). The third-order valence-electron chi connectivity index (χ3n) is 2.71. The zero-order valence-corrected chi connectivity index (χ0v) is 18.9. The Hall–Kier alpha value is 0.868. The van der Waals surface area contributed by atoms with Crippen molar-refractivity contribution in [3.05, 3.63) is 29.3 Å². The van der Waals surface area contributed by atoms with E-state index in [9.17, 15) is 0 Å². The monoisotopic (exact) mass is 533 g/mol. The van der Waals surface area contributed by atoms with Gasteiger partial charge in [-0.2, -0.15) is 0 Å². The van der Waals surface area contributed by atoms with E-state index in [0.29, 0.717) is 0 Å². The van der Waals surface area contributed by atoms with Gasteiger partial charge >= 0.3 is 111 Å². The summed E-state index contributed by atoms with van der Waals surface area (Å²) in [5.74, 6) is 1.08. The van der Waals surface area contributed by atoms with Crippen molar-refractivity contribution in [3.63, 3.8) is 0 Å². The van der Waals surface area contributed by atoms with E-state index in [1.807, 2.05) is 0 Å². The molecule has 0 N–H and O–H groups in total. The largest absolute Gasteiger partial charge is 0.147 e. The van der Waals surface area contributed by atoms with Crippen LogP contribution >= 0.6 is 49.6 Å². The van der Waals surface area contributed by atoms with Gasteiger partial charge in [-0.05, 0) is 0 Å². The van der Waals surface area contributed by atoms with Crippen LogP contribution < -0.4 is 3.39 Å². The Bertz CT molecular complexity index is 351. The first-order chi connectivity index (χ1) is 7.18. The Balaban J connectivity index is -0.000000320. The van der Waals surface area contributed by atoms with Crippen LogP contribution in [0.4, 0.5) is 0 Å². The Labute approximate surface area is 160 Å². The van der Waals surface area contributed by atoms with Gasteiger partial charge in [-0.15, -0.1) is 49.6 Å². The molecule has 0 spiro atoms. The van der Waals surface area contributed by atoms with Gasteiger partial charge in [0.05, 0.1) is 0 Å². The van der Waals surface area contributed by atoms with Crippen LogP contribution in [0.3, 0.4) is 0 Å². The second-order valence-electron chi connectivity index (χ2n) is 6.27. The van der Waals surface area contributed by atoms with Crippen LogP contribution in [0.5, 0.6) is 5.75 Å². The van der Waals surface area contributed by atoms with Gasteiger partial charge in [0, 0.05) is 0 Å². The Kier molecular flexibility index (Phi) is 15.3. The summed E-state index contributed by atoms with van der Waals surface area (Å²) in [4.78, 5) is 0. The van der Waals surface area contributed by atoms with Crippen molar-refractivity contribution in [2.45, 2.75) is 52.4 Å². The smallest absolute Gasteiger partial charge is 0.147 e. The third kappa shape index (κ3) is 7.23. The van der Waals surface area contributed by atoms with E-state index in [0.717, 1.165) is 25.9 Å². The second-order valence-corrected chi connectivity index (χ2v) is 6.86. The summed E-state index contributed by atoms with van der Waals surface area (Å²) >= 11 is 1.15. The molecule has 1 nitrogen and oxygen atoms in total. The van der Waals surface area contributed by atoms with E-state index in [-0.39, 0.29) is 60.5 Å². The quantitative estimate of drug-likeness (QED) is 0.442. The summed E-state index contributed by atoms with van der Waals surface area (Å²) in [5.41, 5.74) is 2.86. The molecule has 1 aromatic rings. The van der Waals surface area contributed by atoms with E-state index in [4.69, 9.17) is 3.39 Å². The molecule has 0 saturated carbocycles. The van der Waals surface area contributed by atoms with Gasteiger partial charge in [0.1, 0.15) is 0 Å². The summed E-state index contributed by atoms with van der Waals surface area (Å²) in [6, 6.07) is 6.49. The number of halogens is 4. The van der Waals surface area contributed by atoms with E-state index >= 15 is 0 Å². The average Bonchev–Trinajstić information content (AvgIpc) is 2.13. The Morgan fingerprint density at radius 3 is 1.25 bits per heavy atom. The minimum Gasteiger partial charge on any atom is -0.147 e. The summed E-state index contributed by atoms with van der Waals surface area (Å²) in [5, 5.41) is 0. The van der Waals surface area contributed by atoms with Gasteiger partial charge < -0.3 is 0 Å². The minimum absolute atomic E-state index is 0. The normalized spacial score (nSPS) is 10.1. The SMILES string of the molecule is CC(C)(C)c1cccc(C(C)(C)C)c1[O][W].Cl.Cl.Cl.Cl. The molecule has 0 bridgehead atoms. The molecule has 0 atom stereocenters. The maximum absolute atomic E-state index is 5.71. The molecule has 0 aliphatic heterocycles. The van der Waals surface area contributed by atoms with E-state index in [1.54, 1.807) is 0 Å². The van der Waals surface area contributed by atoms with Crippen LogP contribution in [0.2, 0.25) is 0 Å². The van der Waals surface area contributed by atoms with Crippen molar-refractivity contribution in [2.24, 2.45) is 0 Å². The van der Waals surface area contributed by atoms with Crippen molar-refractivity contribution in [1.82, 2.24) is 0 Å². The molecule has 20 heavy (non-hydrogen) atoms. The van der Waals surface area contributed by atoms with Crippen LogP contribution in [-0.2, 0) is 31.0 Å². The molecule has 1 aromatic carbocycles. The second kappa shape index (κ2) is 10.6. The fourth-order valence-corrected chi connectivity index (χ4v) is 2.45. The van der Waals surface area contributed by atoms with Gasteiger partial charge in [0.15, 0.2) is 0 Å². The standard InChI is InChI=1S/C14H22O.4ClH.W/c1-13(2,3)10-8-7-9-11(12(10)15)14(4,5)6;;;;;/h7-9,15H,1-6H3;4*1H;/q;;;;;+1/p-1. The Morgan fingerprint density at radius 2 is 1.05 bits per heavy atom. The van der Waals surface area contributed by atoms with Crippen molar-refractivity contribution in [2.75, 3.05) is 0 Å². The number of hydrogen-bond donors (Lipinski definition) is 0. The molecule has 0 amide bonds. The molecule has 0 heterocycles. The summed E-state index contributed by atoms with van der Waals surface area (Å²) in [6.45, 7) is 13.4. The predicted octanol–water partition coefficient (Wildman–Crippen LogP) is 5.81. The number of para-hydroxylation sites is 1. The van der Waals surface area contributed by atoms with Crippen molar-refractivity contribution in [3.8, 4) is 5.75 Å². The van der Waals surface area contributed by atoms with Crippen LogP contribution in [0, 0.1) is 0 Å². The van der Waals surface area contributed by atoms with E-state index in [1.165, 1.54) is 11.1 Å². The van der Waals surface area contributed by atoms with Crippen molar-refractivity contribution >= 4 is 49.6 Å². The maximum atomic E-state index is 5.71. The molecule has 0 saturated heterocycles. The molecular formula is C14H25Cl4OW. The molecule has 0 aromatic heterocycles. The van der Waals surface area contributed by atoms with Crippen LogP contribution in [0.25, 0.3) is 0 Å². The molecular weight excluding hydrogens is 510 g/mol. The molecule has 0 aliphatic rings. The average molecular weight is 535 g/mol. The zero-order chi connectivity index (χ0) is 12.6. The number of benzene rings is 1. The first kappa shape index (κ1) is 29.0. The van der Waals surface area contributed by atoms with Gasteiger partial charge in [-0.25, -0.2) is 0 Å². The minimum atomic E-state index is 0. The Morgan fingerprint density at radius 1 is 0.750 bits per heavy atom. The van der Waals surface area contributed by atoms with Crippen LogP contribution in [0.1, 0.15) is 52.7 Å². The van der Waals surface area contributed by atoms with E-state index in [2.05, 4.69) is 59.7 Å². The number of hydrogen-bond acceptors (Lipinski definition) is 1. The zero-order valence-electron chi connectivity index (χ0n) is 12.7. The molecule has 0 aliphatic carbocycles. The predicted molar refractivity (Wildman–Crippen MR) is 93.5 cm³/mol. The van der Waals surface area contributed by atoms with Crippen molar-refractivity contribution < 1.29 is 23.6 Å². The van der Waals surface area contributed by atoms with Gasteiger partial charge in [-0.3, -0.25) is 0 Å². The van der Waals surface area contributed by atoms with Gasteiger partial charge in [-0.1, -0.05) is 0 Å². The first-order valence-corrected chi connectivity index (χ1v) is 6.81. The fourth-order valence-electron chi connectivity index (χ4n) is 1.81. The third-order valence-corrected chi connectivity index (χ3v) is 3.31. The van der Waals surface area contributed by atoms with Crippen LogP contribution in [-0.4, -0.2) is 0 Å². The summed E-state index contributed by atoms with van der Waals surface area (Å²) in [7, 11) is 0. The molecule has 0 unspecified atom stereocenters. The molecule has 0 fully saturated rings. The topological polar surface area (TPSA) is 9.23 Å². The van der Waals surface area contributed by atoms with Crippen LogP contribution in [0.15, 0.2) is 18.2 Å². The summed E-state index contributed by atoms with van der Waals surface area (Å²) in [6.07, 6.45) is 0. The molecule has 0 radical (unpaired) electrons.